The fourth-order valence-electron chi connectivity index (χ4n) is 3.26. The number of sulfonamides is 1. The molecule has 1 N–H and O–H groups in total. The number of hydrogen-bond acceptors (Lipinski definition) is 4. The van der Waals surface area contributed by atoms with Gasteiger partial charge in [0.25, 0.3) is 0 Å². The summed E-state index contributed by atoms with van der Waals surface area (Å²) in [4.78, 5) is 27.5. The molecule has 0 fully saturated rings. The van der Waals surface area contributed by atoms with Crippen molar-refractivity contribution in [2.75, 3.05) is 23.7 Å². The van der Waals surface area contributed by atoms with E-state index in [4.69, 9.17) is 0 Å². The van der Waals surface area contributed by atoms with Crippen molar-refractivity contribution in [2.45, 2.75) is 40.3 Å². The van der Waals surface area contributed by atoms with Gasteiger partial charge in [-0.05, 0) is 49.1 Å². The molecule has 1 unspecified atom stereocenters. The molecule has 7 nitrogen and oxygen atoms in total. The predicted molar refractivity (Wildman–Crippen MR) is 128 cm³/mol. The third-order valence-electron chi connectivity index (χ3n) is 5.18. The number of hydrogen-bond donors (Lipinski definition) is 1. The van der Waals surface area contributed by atoms with Gasteiger partial charge in [-0.3, -0.25) is 13.9 Å². The van der Waals surface area contributed by atoms with E-state index < -0.39 is 34.3 Å². The summed E-state index contributed by atoms with van der Waals surface area (Å²) in [7, 11) is -3.78. The lowest BCUT2D eigenvalue weighted by Crippen LogP contribution is -2.51. The van der Waals surface area contributed by atoms with Crippen molar-refractivity contribution in [1.82, 2.24) is 10.2 Å². The fourth-order valence-corrected chi connectivity index (χ4v) is 4.17. The summed E-state index contributed by atoms with van der Waals surface area (Å²) in [6, 6.07) is 11.6. The molecule has 0 aliphatic heterocycles. The zero-order chi connectivity index (χ0) is 24.8. The van der Waals surface area contributed by atoms with Crippen LogP contribution in [0.15, 0.2) is 48.5 Å². The normalized spacial score (nSPS) is 12.3. The van der Waals surface area contributed by atoms with Gasteiger partial charge in [-0.15, -0.1) is 0 Å². The zero-order valence-electron chi connectivity index (χ0n) is 19.7. The van der Waals surface area contributed by atoms with E-state index >= 15 is 0 Å². The van der Waals surface area contributed by atoms with Gasteiger partial charge in [-0.1, -0.05) is 44.2 Å². The Bertz CT molecular complexity index is 1070. The van der Waals surface area contributed by atoms with Crippen LogP contribution in [0.2, 0.25) is 0 Å². The van der Waals surface area contributed by atoms with E-state index in [2.05, 4.69) is 5.32 Å². The second-order valence-corrected chi connectivity index (χ2v) is 10.4. The number of benzene rings is 2. The zero-order valence-corrected chi connectivity index (χ0v) is 20.5. The average molecular weight is 478 g/mol. The van der Waals surface area contributed by atoms with E-state index in [1.807, 2.05) is 13.8 Å². The van der Waals surface area contributed by atoms with Crippen molar-refractivity contribution < 1.29 is 22.4 Å². The molecule has 2 aromatic rings. The quantitative estimate of drug-likeness (QED) is 0.570. The molecule has 2 amide bonds. The summed E-state index contributed by atoms with van der Waals surface area (Å²) in [6.45, 7) is 7.27. The highest BCUT2D eigenvalue weighted by atomic mass is 32.2. The van der Waals surface area contributed by atoms with E-state index in [1.54, 1.807) is 38.1 Å². The molecule has 1 atom stereocenters. The van der Waals surface area contributed by atoms with Gasteiger partial charge in [-0.2, -0.15) is 0 Å². The smallest absolute Gasteiger partial charge is 0.244 e. The Balaban J connectivity index is 2.36. The number of amides is 2. The largest absolute Gasteiger partial charge is 0.354 e. The standard InChI is InChI=1S/C24H32FN3O4S/c1-17(2)14-26-24(30)19(4)27(15-20-10-12-21(25)13-11-20)23(29)16-28(33(5,31)32)22-9-7-6-8-18(22)3/h6-13,17,19H,14-16H2,1-5H3,(H,26,30). The Morgan fingerprint density at radius 3 is 2.18 bits per heavy atom. The Kier molecular flexibility index (Phi) is 8.99. The number of para-hydroxylation sites is 1. The van der Waals surface area contributed by atoms with Crippen LogP contribution >= 0.6 is 0 Å². The maximum absolute atomic E-state index is 13.4. The van der Waals surface area contributed by atoms with Crippen LogP contribution in [-0.2, 0) is 26.2 Å². The van der Waals surface area contributed by atoms with Gasteiger partial charge in [0, 0.05) is 13.1 Å². The molecular formula is C24H32FN3O4S. The number of rotatable bonds is 10. The highest BCUT2D eigenvalue weighted by Crippen LogP contribution is 2.23. The summed E-state index contributed by atoms with van der Waals surface area (Å²) in [5.41, 5.74) is 1.71. The van der Waals surface area contributed by atoms with Crippen molar-refractivity contribution in [3.05, 3.63) is 65.5 Å². The average Bonchev–Trinajstić information content (AvgIpc) is 2.74. The van der Waals surface area contributed by atoms with Crippen LogP contribution in [0.1, 0.15) is 31.9 Å². The van der Waals surface area contributed by atoms with Gasteiger partial charge in [0.15, 0.2) is 0 Å². The van der Waals surface area contributed by atoms with Gasteiger partial charge in [0.1, 0.15) is 18.4 Å². The number of nitrogens with one attached hydrogen (secondary N) is 1. The second kappa shape index (κ2) is 11.3. The number of aryl methyl sites for hydroxylation is 1. The number of carbonyl (C=O) groups excluding carboxylic acids is 2. The Morgan fingerprint density at radius 1 is 1.03 bits per heavy atom. The molecule has 0 spiro atoms. The van der Waals surface area contributed by atoms with Crippen LogP contribution in [0.25, 0.3) is 0 Å². The molecule has 0 aliphatic rings. The minimum Gasteiger partial charge on any atom is -0.354 e. The van der Waals surface area contributed by atoms with Gasteiger partial charge in [0.2, 0.25) is 21.8 Å². The summed E-state index contributed by atoms with van der Waals surface area (Å²) in [6.07, 6.45) is 1.04. The molecule has 0 aliphatic carbocycles. The van der Waals surface area contributed by atoms with E-state index in [0.29, 0.717) is 23.4 Å². The first-order valence-corrected chi connectivity index (χ1v) is 12.6. The monoisotopic (exact) mass is 477 g/mol. The van der Waals surface area contributed by atoms with E-state index in [0.717, 1.165) is 10.6 Å². The molecule has 9 heteroatoms. The van der Waals surface area contributed by atoms with Gasteiger partial charge < -0.3 is 10.2 Å². The van der Waals surface area contributed by atoms with Crippen molar-refractivity contribution >= 4 is 27.5 Å². The van der Waals surface area contributed by atoms with E-state index in [1.165, 1.54) is 29.2 Å². The molecular weight excluding hydrogens is 445 g/mol. The van der Waals surface area contributed by atoms with Crippen LogP contribution in [-0.4, -0.2) is 50.5 Å². The topological polar surface area (TPSA) is 86.8 Å². The van der Waals surface area contributed by atoms with Crippen molar-refractivity contribution in [3.8, 4) is 0 Å². The molecule has 2 rings (SSSR count). The summed E-state index contributed by atoms with van der Waals surface area (Å²) in [5, 5.41) is 2.81. The van der Waals surface area contributed by atoms with Crippen LogP contribution in [0.3, 0.4) is 0 Å². The third-order valence-corrected chi connectivity index (χ3v) is 6.31. The van der Waals surface area contributed by atoms with Crippen molar-refractivity contribution in [3.63, 3.8) is 0 Å². The van der Waals surface area contributed by atoms with Crippen LogP contribution in [0.4, 0.5) is 10.1 Å². The lowest BCUT2D eigenvalue weighted by molar-refractivity contribution is -0.139. The number of carbonyl (C=O) groups is 2. The summed E-state index contributed by atoms with van der Waals surface area (Å²) < 4.78 is 39.5. The third kappa shape index (κ3) is 7.56. The summed E-state index contributed by atoms with van der Waals surface area (Å²) >= 11 is 0. The summed E-state index contributed by atoms with van der Waals surface area (Å²) in [5.74, 6) is -1.08. The highest BCUT2D eigenvalue weighted by molar-refractivity contribution is 7.92. The van der Waals surface area contributed by atoms with E-state index in [9.17, 15) is 22.4 Å². The van der Waals surface area contributed by atoms with Crippen LogP contribution in [0, 0.1) is 18.7 Å². The Labute approximate surface area is 195 Å². The maximum Gasteiger partial charge on any atom is 0.244 e. The van der Waals surface area contributed by atoms with E-state index in [-0.39, 0.29) is 18.4 Å². The first-order chi connectivity index (χ1) is 15.4. The molecule has 180 valence electrons. The molecule has 0 bridgehead atoms. The fraction of sp³-hybridized carbons (Fsp3) is 0.417. The minimum atomic E-state index is -3.78. The predicted octanol–water partition coefficient (Wildman–Crippen LogP) is 3.09. The second-order valence-electron chi connectivity index (χ2n) is 8.52. The first-order valence-electron chi connectivity index (χ1n) is 10.7. The van der Waals surface area contributed by atoms with Crippen LogP contribution < -0.4 is 9.62 Å². The molecule has 0 radical (unpaired) electrons. The lowest BCUT2D eigenvalue weighted by atomic mass is 10.1. The number of halogens is 1. The van der Waals surface area contributed by atoms with Gasteiger partial charge in [0.05, 0.1) is 11.9 Å². The molecule has 0 aromatic heterocycles. The molecule has 0 heterocycles. The molecule has 2 aromatic carbocycles. The van der Waals surface area contributed by atoms with Crippen molar-refractivity contribution in [2.24, 2.45) is 5.92 Å². The maximum atomic E-state index is 13.4. The van der Waals surface area contributed by atoms with Gasteiger partial charge >= 0.3 is 0 Å². The lowest BCUT2D eigenvalue weighted by Gasteiger charge is -2.32. The van der Waals surface area contributed by atoms with Crippen LogP contribution in [0.5, 0.6) is 0 Å². The van der Waals surface area contributed by atoms with Crippen molar-refractivity contribution in [1.29, 1.82) is 0 Å². The molecule has 0 saturated carbocycles. The minimum absolute atomic E-state index is 0.0285. The number of anilines is 1. The SMILES string of the molecule is Cc1ccccc1N(CC(=O)N(Cc1ccc(F)cc1)C(C)C(=O)NCC(C)C)S(C)(=O)=O. The Morgan fingerprint density at radius 2 is 1.64 bits per heavy atom. The molecule has 33 heavy (non-hydrogen) atoms. The highest BCUT2D eigenvalue weighted by Gasteiger charge is 2.30. The Hall–Kier alpha value is -2.94. The first kappa shape index (κ1) is 26.3. The molecule has 0 saturated heterocycles. The number of nitrogens with zero attached hydrogens (tertiary/aromatic N) is 2. The van der Waals surface area contributed by atoms with Gasteiger partial charge in [-0.25, -0.2) is 12.8 Å².